The molecule has 5 nitrogen and oxygen atoms in total. The quantitative estimate of drug-likeness (QED) is 0.604. The summed E-state index contributed by atoms with van der Waals surface area (Å²) in [6, 6.07) is 4.65. The molecule has 0 aromatic carbocycles. The summed E-state index contributed by atoms with van der Waals surface area (Å²) >= 11 is 3.15. The highest BCUT2D eigenvalue weighted by molar-refractivity contribution is 8.00. The summed E-state index contributed by atoms with van der Waals surface area (Å²) < 4.78 is 6.97. The van der Waals surface area contributed by atoms with E-state index in [1.807, 2.05) is 13.0 Å². The van der Waals surface area contributed by atoms with E-state index < -0.39 is 0 Å². The van der Waals surface area contributed by atoms with Gasteiger partial charge in [0.05, 0.1) is 7.11 Å². The van der Waals surface area contributed by atoms with Crippen LogP contribution in [-0.4, -0.2) is 33.1 Å². The van der Waals surface area contributed by atoms with Gasteiger partial charge in [0.25, 0.3) is 0 Å². The van der Waals surface area contributed by atoms with Gasteiger partial charge in [-0.3, -0.25) is 4.79 Å². The van der Waals surface area contributed by atoms with Gasteiger partial charge in [-0.1, -0.05) is 17.8 Å². The van der Waals surface area contributed by atoms with Gasteiger partial charge in [-0.2, -0.15) is 0 Å². The zero-order valence-electron chi connectivity index (χ0n) is 12.0. The molecule has 1 saturated carbocycles. The topological polar surface area (TPSA) is 57.0 Å². The first-order valence-corrected chi connectivity index (χ1v) is 8.65. The lowest BCUT2D eigenvalue weighted by Crippen LogP contribution is -2.16. The lowest BCUT2D eigenvalue weighted by Gasteiger charge is -2.11. The number of ether oxygens (including phenoxy) is 1. The Morgan fingerprint density at radius 2 is 2.38 bits per heavy atom. The normalized spacial score (nSPS) is 15.9. The van der Waals surface area contributed by atoms with Crippen LogP contribution in [-0.2, 0) is 16.0 Å². The molecule has 1 aliphatic rings. The second-order valence-corrected chi connectivity index (χ2v) is 7.38. The zero-order chi connectivity index (χ0) is 14.8. The maximum atomic E-state index is 11.6. The van der Waals surface area contributed by atoms with Crippen LogP contribution in [0.15, 0.2) is 22.7 Å². The van der Waals surface area contributed by atoms with Crippen molar-refractivity contribution in [1.29, 1.82) is 0 Å². The molecule has 112 valence electrons. The fourth-order valence-electron chi connectivity index (χ4n) is 2.15. The number of carbonyl (C=O) groups excluding carboxylic acids is 1. The number of rotatable bonds is 6. The van der Waals surface area contributed by atoms with Crippen molar-refractivity contribution < 1.29 is 9.53 Å². The van der Waals surface area contributed by atoms with Gasteiger partial charge in [-0.25, -0.2) is 0 Å². The second kappa shape index (κ2) is 6.19. The first-order chi connectivity index (χ1) is 10.2. The van der Waals surface area contributed by atoms with Gasteiger partial charge < -0.3 is 9.30 Å². The van der Waals surface area contributed by atoms with Crippen molar-refractivity contribution in [2.24, 2.45) is 0 Å². The third-order valence-electron chi connectivity index (χ3n) is 3.37. The van der Waals surface area contributed by atoms with Crippen LogP contribution in [0.1, 0.15) is 36.5 Å². The molecule has 1 aliphatic carbocycles. The zero-order valence-corrected chi connectivity index (χ0v) is 13.6. The first-order valence-electron chi connectivity index (χ1n) is 6.89. The van der Waals surface area contributed by atoms with Crippen LogP contribution in [0.4, 0.5) is 0 Å². The molecule has 1 atom stereocenters. The maximum Gasteiger partial charge on any atom is 0.318 e. The Morgan fingerprint density at radius 1 is 1.57 bits per heavy atom. The fraction of sp³-hybridized carbons (Fsp3) is 0.500. The largest absolute Gasteiger partial charge is 0.468 e. The highest BCUT2D eigenvalue weighted by atomic mass is 32.2. The van der Waals surface area contributed by atoms with Gasteiger partial charge in [0.2, 0.25) is 0 Å². The van der Waals surface area contributed by atoms with E-state index in [2.05, 4.69) is 26.2 Å². The molecule has 0 amide bonds. The molecule has 2 heterocycles. The van der Waals surface area contributed by atoms with E-state index in [1.165, 1.54) is 23.7 Å². The summed E-state index contributed by atoms with van der Waals surface area (Å²) in [4.78, 5) is 12.9. The van der Waals surface area contributed by atoms with Crippen LogP contribution in [0.2, 0.25) is 0 Å². The Balaban J connectivity index is 1.81. The Labute approximate surface area is 131 Å². The van der Waals surface area contributed by atoms with Crippen LogP contribution in [0.25, 0.3) is 0 Å². The lowest BCUT2D eigenvalue weighted by atomic mass is 10.3. The summed E-state index contributed by atoms with van der Waals surface area (Å²) in [6.07, 6.45) is 3.12. The van der Waals surface area contributed by atoms with E-state index in [9.17, 15) is 4.79 Å². The summed E-state index contributed by atoms with van der Waals surface area (Å²) in [5.41, 5.74) is 0. The molecule has 0 aliphatic heterocycles. The molecule has 2 aromatic rings. The maximum absolute atomic E-state index is 11.6. The van der Waals surface area contributed by atoms with Gasteiger partial charge in [-0.15, -0.1) is 21.5 Å². The Bertz CT molecular complexity index is 620. The minimum Gasteiger partial charge on any atom is -0.468 e. The molecule has 0 radical (unpaired) electrons. The van der Waals surface area contributed by atoms with Crippen LogP contribution < -0.4 is 0 Å². The standard InChI is InChI=1S/C14H17N3O2S2/c1-9(13(18)19-2)21-14-16-15-12(17(14)10-5-6-10)8-11-4-3-7-20-11/h3-4,7,9-10H,5-6,8H2,1-2H3/t9-/m0/s1. The number of esters is 1. The molecule has 1 fully saturated rings. The van der Waals surface area contributed by atoms with Crippen molar-refractivity contribution in [3.8, 4) is 0 Å². The average molecular weight is 323 g/mol. The molecule has 0 bridgehead atoms. The van der Waals surface area contributed by atoms with E-state index in [0.717, 1.165) is 30.2 Å². The second-order valence-electron chi connectivity index (χ2n) is 5.04. The van der Waals surface area contributed by atoms with Crippen molar-refractivity contribution in [3.63, 3.8) is 0 Å². The van der Waals surface area contributed by atoms with Gasteiger partial charge in [-0.05, 0) is 31.2 Å². The van der Waals surface area contributed by atoms with Gasteiger partial charge >= 0.3 is 5.97 Å². The molecule has 0 spiro atoms. The number of thioether (sulfide) groups is 1. The van der Waals surface area contributed by atoms with E-state index >= 15 is 0 Å². The summed E-state index contributed by atoms with van der Waals surface area (Å²) in [5, 5.41) is 11.2. The number of aromatic nitrogens is 3. The highest BCUT2D eigenvalue weighted by Crippen LogP contribution is 2.40. The minimum atomic E-state index is -0.272. The smallest absolute Gasteiger partial charge is 0.318 e. The van der Waals surface area contributed by atoms with Crippen molar-refractivity contribution in [1.82, 2.24) is 14.8 Å². The van der Waals surface area contributed by atoms with Crippen LogP contribution in [0, 0.1) is 0 Å². The molecular weight excluding hydrogens is 306 g/mol. The van der Waals surface area contributed by atoms with Crippen LogP contribution in [0.5, 0.6) is 0 Å². The molecule has 3 rings (SSSR count). The molecule has 2 aromatic heterocycles. The van der Waals surface area contributed by atoms with E-state index in [0.29, 0.717) is 6.04 Å². The molecule has 0 unspecified atom stereocenters. The summed E-state index contributed by atoms with van der Waals surface area (Å²) in [7, 11) is 1.41. The third-order valence-corrected chi connectivity index (χ3v) is 5.29. The molecule has 21 heavy (non-hydrogen) atoms. The number of hydrogen-bond donors (Lipinski definition) is 0. The van der Waals surface area contributed by atoms with Gasteiger partial charge in [0.15, 0.2) is 5.16 Å². The number of methoxy groups -OCH3 is 1. The number of nitrogens with zero attached hydrogens (tertiary/aromatic N) is 3. The van der Waals surface area contributed by atoms with E-state index in [1.54, 1.807) is 11.3 Å². The Kier molecular flexibility index (Phi) is 4.30. The highest BCUT2D eigenvalue weighted by Gasteiger charge is 2.31. The van der Waals surface area contributed by atoms with E-state index in [-0.39, 0.29) is 11.2 Å². The summed E-state index contributed by atoms with van der Waals surface area (Å²) in [5.74, 6) is 0.754. The molecule has 0 saturated heterocycles. The SMILES string of the molecule is COC(=O)[C@H](C)Sc1nnc(Cc2cccs2)n1C1CC1. The van der Waals surface area contributed by atoms with Crippen molar-refractivity contribution in [2.45, 2.75) is 42.6 Å². The monoisotopic (exact) mass is 323 g/mol. The Morgan fingerprint density at radius 3 is 3.00 bits per heavy atom. The summed E-state index contributed by atoms with van der Waals surface area (Å²) in [6.45, 7) is 1.83. The minimum absolute atomic E-state index is 0.231. The predicted octanol–water partition coefficient (Wildman–Crippen LogP) is 2.92. The molecule has 0 N–H and O–H groups in total. The number of hydrogen-bond acceptors (Lipinski definition) is 6. The van der Waals surface area contributed by atoms with Crippen LogP contribution in [0.3, 0.4) is 0 Å². The van der Waals surface area contributed by atoms with Crippen molar-refractivity contribution in [3.05, 3.63) is 28.2 Å². The molecule has 7 heteroatoms. The Hall–Kier alpha value is -1.34. The van der Waals surface area contributed by atoms with Crippen molar-refractivity contribution >= 4 is 29.1 Å². The average Bonchev–Trinajstić information content (AvgIpc) is 3.04. The molecular formula is C14H17N3O2S2. The van der Waals surface area contributed by atoms with Gasteiger partial charge in [0, 0.05) is 17.3 Å². The predicted molar refractivity (Wildman–Crippen MR) is 82.8 cm³/mol. The number of thiophene rings is 1. The number of carbonyl (C=O) groups is 1. The first kappa shape index (κ1) is 14.6. The fourth-order valence-corrected chi connectivity index (χ4v) is 3.82. The van der Waals surface area contributed by atoms with Gasteiger partial charge in [0.1, 0.15) is 11.1 Å². The van der Waals surface area contributed by atoms with Crippen molar-refractivity contribution in [2.75, 3.05) is 7.11 Å². The third kappa shape index (κ3) is 3.29. The lowest BCUT2D eigenvalue weighted by molar-refractivity contribution is -0.139. The van der Waals surface area contributed by atoms with Crippen LogP contribution >= 0.6 is 23.1 Å². The van der Waals surface area contributed by atoms with E-state index in [4.69, 9.17) is 4.74 Å².